The van der Waals surface area contributed by atoms with E-state index in [1.165, 1.54) is 0 Å². The zero-order valence-corrected chi connectivity index (χ0v) is 33.0. The zero-order chi connectivity index (χ0) is 39.2. The predicted octanol–water partition coefficient (Wildman–Crippen LogP) is 9.26. The number of nitrogens with one attached hydrogen (secondary N) is 2. The average molecular weight is 755 g/mol. The molecule has 4 aromatic rings. The molecule has 0 aliphatic carbocycles. The Kier molecular flexibility index (Phi) is 14.8. The summed E-state index contributed by atoms with van der Waals surface area (Å²) < 4.78 is 45.7. The van der Waals surface area contributed by atoms with E-state index in [1.807, 2.05) is 79.7 Å². The molecule has 11 nitrogen and oxygen atoms in total. The van der Waals surface area contributed by atoms with Crippen LogP contribution in [0.1, 0.15) is 83.7 Å². The van der Waals surface area contributed by atoms with Gasteiger partial charge in [-0.15, -0.1) is 0 Å². The Morgan fingerprint density at radius 3 is 1.60 bits per heavy atom. The summed E-state index contributed by atoms with van der Waals surface area (Å²) >= 11 is 0. The Balaban J connectivity index is 1.01. The summed E-state index contributed by atoms with van der Waals surface area (Å²) in [6.07, 6.45) is 11.0. The first-order valence-corrected chi connectivity index (χ1v) is 18.7. The SMILES string of the molecule is COc1cc(C2NC(=O)c3cc(C)ccc3N2)ccc1OCCCCCCCCCOc1c(OC)cc(C=Cc2cc(OC)c(OC)c(OC)c2)cc1OC. The largest absolute Gasteiger partial charge is 0.493 e. The van der Waals surface area contributed by atoms with Crippen LogP contribution in [0.2, 0.25) is 0 Å². The van der Waals surface area contributed by atoms with Crippen LogP contribution in [0.25, 0.3) is 12.2 Å². The Hall–Kier alpha value is -5.71. The van der Waals surface area contributed by atoms with Gasteiger partial charge in [0, 0.05) is 5.69 Å². The molecule has 4 aromatic carbocycles. The molecule has 11 heteroatoms. The molecule has 0 radical (unpaired) electrons. The number of carbonyl (C=O) groups excluding carboxylic acids is 1. The quantitative estimate of drug-likeness (QED) is 0.0630. The van der Waals surface area contributed by atoms with Gasteiger partial charge >= 0.3 is 0 Å². The minimum absolute atomic E-state index is 0.0988. The maximum Gasteiger partial charge on any atom is 0.255 e. The second-order valence-electron chi connectivity index (χ2n) is 13.2. The summed E-state index contributed by atoms with van der Waals surface area (Å²) in [5.41, 5.74) is 5.18. The van der Waals surface area contributed by atoms with Gasteiger partial charge < -0.3 is 48.5 Å². The summed E-state index contributed by atoms with van der Waals surface area (Å²) in [6, 6.07) is 19.2. The molecule has 294 valence electrons. The second kappa shape index (κ2) is 20.1. The van der Waals surface area contributed by atoms with Crippen LogP contribution >= 0.6 is 0 Å². The van der Waals surface area contributed by atoms with Crippen LogP contribution < -0.4 is 48.5 Å². The van der Waals surface area contributed by atoms with Crippen LogP contribution in [-0.4, -0.2) is 61.8 Å². The van der Waals surface area contributed by atoms with Gasteiger partial charge in [-0.3, -0.25) is 4.79 Å². The average Bonchev–Trinajstić information content (AvgIpc) is 3.21. The van der Waals surface area contributed by atoms with Crippen LogP contribution in [-0.2, 0) is 0 Å². The van der Waals surface area contributed by atoms with Crippen molar-refractivity contribution in [3.05, 3.63) is 88.5 Å². The summed E-state index contributed by atoms with van der Waals surface area (Å²) in [4.78, 5) is 12.7. The van der Waals surface area contributed by atoms with E-state index < -0.39 is 0 Å². The van der Waals surface area contributed by atoms with Gasteiger partial charge in [-0.05, 0) is 85.0 Å². The summed E-state index contributed by atoms with van der Waals surface area (Å²) in [7, 11) is 9.66. The fourth-order valence-electron chi connectivity index (χ4n) is 6.49. The van der Waals surface area contributed by atoms with Crippen molar-refractivity contribution >= 4 is 23.7 Å². The molecule has 0 bridgehead atoms. The maximum atomic E-state index is 12.7. The van der Waals surface area contributed by atoms with Crippen molar-refractivity contribution in [3.8, 4) is 46.0 Å². The number of rotatable bonds is 21. The van der Waals surface area contributed by atoms with Crippen molar-refractivity contribution in [2.24, 2.45) is 0 Å². The molecule has 0 saturated carbocycles. The van der Waals surface area contributed by atoms with E-state index in [0.29, 0.717) is 64.8 Å². The minimum Gasteiger partial charge on any atom is -0.493 e. The van der Waals surface area contributed by atoms with Crippen LogP contribution in [0.5, 0.6) is 46.0 Å². The fourth-order valence-corrected chi connectivity index (χ4v) is 6.49. The summed E-state index contributed by atoms with van der Waals surface area (Å²) in [5.74, 6) is 4.76. The van der Waals surface area contributed by atoms with Crippen LogP contribution in [0.15, 0.2) is 60.7 Å². The number of methoxy groups -OCH3 is 6. The molecule has 55 heavy (non-hydrogen) atoms. The number of fused-ring (bicyclic) bond motifs is 1. The van der Waals surface area contributed by atoms with Crippen molar-refractivity contribution in [2.45, 2.75) is 58.0 Å². The van der Waals surface area contributed by atoms with Crippen LogP contribution in [0.3, 0.4) is 0 Å². The van der Waals surface area contributed by atoms with Gasteiger partial charge in [0.15, 0.2) is 34.5 Å². The van der Waals surface area contributed by atoms with Crippen molar-refractivity contribution < 1.29 is 42.7 Å². The third-order valence-corrected chi connectivity index (χ3v) is 9.45. The normalized spacial score (nSPS) is 13.4. The van der Waals surface area contributed by atoms with E-state index in [4.69, 9.17) is 37.9 Å². The van der Waals surface area contributed by atoms with Gasteiger partial charge in [0.25, 0.3) is 5.91 Å². The molecule has 0 saturated heterocycles. The van der Waals surface area contributed by atoms with E-state index in [2.05, 4.69) is 10.6 Å². The molecule has 1 aliphatic rings. The van der Waals surface area contributed by atoms with E-state index in [-0.39, 0.29) is 12.1 Å². The number of anilines is 1. The molecule has 2 N–H and O–H groups in total. The first-order valence-electron chi connectivity index (χ1n) is 18.7. The molecule has 0 spiro atoms. The Morgan fingerprint density at radius 2 is 1.05 bits per heavy atom. The van der Waals surface area contributed by atoms with Crippen LogP contribution in [0.4, 0.5) is 5.69 Å². The minimum atomic E-state index is -0.355. The highest BCUT2D eigenvalue weighted by Crippen LogP contribution is 2.41. The van der Waals surface area contributed by atoms with E-state index in [9.17, 15) is 4.79 Å². The van der Waals surface area contributed by atoms with Crippen molar-refractivity contribution in [1.82, 2.24) is 5.32 Å². The van der Waals surface area contributed by atoms with Gasteiger partial charge in [-0.2, -0.15) is 0 Å². The number of carbonyl (C=O) groups is 1. The Bertz CT molecular complexity index is 1880. The number of benzene rings is 4. The number of hydrogen-bond donors (Lipinski definition) is 2. The standard InChI is InChI=1S/C44H54N2O9/c1-29-15-19-34-33(23-29)44(47)46-43(45-34)32-18-20-35(36(28-32)48-2)54-21-13-11-9-8-10-12-14-22-55-42-39(51-5)26-31(27-40(42)52-6)17-16-30-24-37(49-3)41(53-7)38(25-30)50-4/h15-20,23-28,43,45H,8-14,21-22H2,1-7H3,(H,46,47). The first kappa shape index (κ1) is 40.5. The van der Waals surface area contributed by atoms with Gasteiger partial charge in [0.05, 0.1) is 61.4 Å². The fraction of sp³-hybridized carbons (Fsp3) is 0.386. The lowest BCUT2D eigenvalue weighted by Crippen LogP contribution is -2.38. The smallest absolute Gasteiger partial charge is 0.255 e. The molecule has 1 atom stereocenters. The highest BCUT2D eigenvalue weighted by Gasteiger charge is 2.25. The molecular formula is C44H54N2O9. The zero-order valence-electron chi connectivity index (χ0n) is 33.0. The first-order chi connectivity index (χ1) is 26.8. The molecule has 0 aromatic heterocycles. The lowest BCUT2D eigenvalue weighted by Gasteiger charge is -2.28. The Labute approximate surface area is 324 Å². The highest BCUT2D eigenvalue weighted by atomic mass is 16.5. The second-order valence-corrected chi connectivity index (χ2v) is 13.2. The van der Waals surface area contributed by atoms with Crippen molar-refractivity contribution in [3.63, 3.8) is 0 Å². The molecule has 1 heterocycles. The molecule has 5 rings (SSSR count). The topological polar surface area (TPSA) is 115 Å². The van der Waals surface area contributed by atoms with Gasteiger partial charge in [-0.25, -0.2) is 0 Å². The van der Waals surface area contributed by atoms with E-state index in [1.54, 1.807) is 42.7 Å². The third-order valence-electron chi connectivity index (χ3n) is 9.45. The number of amides is 1. The number of hydrogen-bond acceptors (Lipinski definition) is 10. The van der Waals surface area contributed by atoms with Crippen molar-refractivity contribution in [2.75, 3.05) is 61.2 Å². The molecule has 0 fully saturated rings. The highest BCUT2D eigenvalue weighted by molar-refractivity contribution is 6.02. The maximum absolute atomic E-state index is 12.7. The van der Waals surface area contributed by atoms with Crippen molar-refractivity contribution in [1.29, 1.82) is 0 Å². The predicted molar refractivity (Wildman–Crippen MR) is 216 cm³/mol. The van der Waals surface area contributed by atoms with Gasteiger partial charge in [0.1, 0.15) is 6.17 Å². The van der Waals surface area contributed by atoms with Crippen LogP contribution in [0, 0.1) is 6.92 Å². The lowest BCUT2D eigenvalue weighted by atomic mass is 10.0. The lowest BCUT2D eigenvalue weighted by molar-refractivity contribution is 0.0935. The summed E-state index contributed by atoms with van der Waals surface area (Å²) in [5, 5.41) is 6.44. The third kappa shape index (κ3) is 10.5. The monoisotopic (exact) mass is 754 g/mol. The molecule has 1 aliphatic heterocycles. The van der Waals surface area contributed by atoms with E-state index in [0.717, 1.165) is 72.9 Å². The van der Waals surface area contributed by atoms with E-state index >= 15 is 0 Å². The number of unbranched alkanes of at least 4 members (excludes halogenated alkanes) is 6. The molecular weight excluding hydrogens is 700 g/mol. The number of aryl methyl sites for hydroxylation is 1. The summed E-state index contributed by atoms with van der Waals surface area (Å²) in [6.45, 7) is 3.15. The Morgan fingerprint density at radius 1 is 0.527 bits per heavy atom. The molecule has 1 amide bonds. The van der Waals surface area contributed by atoms with Gasteiger partial charge in [0.2, 0.25) is 11.5 Å². The van der Waals surface area contributed by atoms with Gasteiger partial charge in [-0.1, -0.05) is 62.0 Å². The molecule has 1 unspecified atom stereocenters. The number of ether oxygens (including phenoxy) is 8.